The van der Waals surface area contributed by atoms with Crippen LogP contribution in [0.1, 0.15) is 37.3 Å². The molecule has 2 atom stereocenters. The van der Waals surface area contributed by atoms with Crippen molar-refractivity contribution in [3.05, 3.63) is 35.4 Å². The van der Waals surface area contributed by atoms with E-state index in [1.165, 1.54) is 30.4 Å². The lowest BCUT2D eigenvalue weighted by molar-refractivity contribution is 0.185. The smallest absolute Gasteiger partial charge is 0.0713 e. The molecule has 0 aromatic heterocycles. The first-order valence-corrected chi connectivity index (χ1v) is 6.63. The van der Waals surface area contributed by atoms with E-state index in [1.807, 2.05) is 0 Å². The molecule has 2 heteroatoms. The second-order valence-electron chi connectivity index (χ2n) is 5.02. The number of benzene rings is 1. The van der Waals surface area contributed by atoms with Crippen LogP contribution in [0, 0.1) is 5.92 Å². The van der Waals surface area contributed by atoms with Crippen molar-refractivity contribution in [1.82, 2.24) is 5.32 Å². The molecule has 1 aromatic carbocycles. The molecule has 1 N–H and O–H groups in total. The van der Waals surface area contributed by atoms with Crippen molar-refractivity contribution in [2.45, 2.75) is 45.4 Å². The van der Waals surface area contributed by atoms with Gasteiger partial charge in [-0.3, -0.25) is 0 Å². The summed E-state index contributed by atoms with van der Waals surface area (Å²) >= 11 is 0. The van der Waals surface area contributed by atoms with E-state index in [0.29, 0.717) is 6.61 Å². The lowest BCUT2D eigenvalue weighted by Gasteiger charge is -2.06. The van der Waals surface area contributed by atoms with Crippen LogP contribution >= 0.6 is 0 Å². The summed E-state index contributed by atoms with van der Waals surface area (Å²) < 4.78 is 5.15. The van der Waals surface area contributed by atoms with Gasteiger partial charge in [0, 0.05) is 19.7 Å². The van der Waals surface area contributed by atoms with E-state index in [2.05, 4.69) is 36.5 Å². The summed E-state index contributed by atoms with van der Waals surface area (Å²) in [5.41, 5.74) is 2.62. The predicted molar refractivity (Wildman–Crippen MR) is 70.8 cm³/mol. The average Bonchev–Trinajstić information content (AvgIpc) is 3.07. The molecule has 1 aromatic rings. The Morgan fingerprint density at radius 3 is 2.94 bits per heavy atom. The Hall–Kier alpha value is -0.860. The van der Waals surface area contributed by atoms with Crippen LogP contribution in [0.3, 0.4) is 0 Å². The molecule has 1 saturated carbocycles. The Morgan fingerprint density at radius 1 is 1.35 bits per heavy atom. The fraction of sp³-hybridized carbons (Fsp3) is 0.600. The van der Waals surface area contributed by atoms with Crippen molar-refractivity contribution in [3.8, 4) is 0 Å². The highest BCUT2D eigenvalue weighted by atomic mass is 16.5. The molecule has 1 fully saturated rings. The van der Waals surface area contributed by atoms with Gasteiger partial charge in [-0.15, -0.1) is 0 Å². The monoisotopic (exact) mass is 233 g/mol. The fourth-order valence-corrected chi connectivity index (χ4v) is 2.43. The maximum atomic E-state index is 5.15. The first-order valence-electron chi connectivity index (χ1n) is 6.63. The number of nitrogens with one attached hydrogen (secondary N) is 1. The SMILES string of the molecule is CCCC1CC1NCc1cccc(COC)c1. The average molecular weight is 233 g/mol. The third-order valence-electron chi connectivity index (χ3n) is 3.45. The molecule has 0 amide bonds. The number of ether oxygens (including phenoxy) is 1. The minimum Gasteiger partial charge on any atom is -0.380 e. The molecule has 0 bridgehead atoms. The Balaban J connectivity index is 1.77. The first kappa shape index (κ1) is 12.6. The number of methoxy groups -OCH3 is 1. The molecule has 2 rings (SSSR count). The zero-order valence-corrected chi connectivity index (χ0v) is 10.9. The van der Waals surface area contributed by atoms with Crippen molar-refractivity contribution >= 4 is 0 Å². The highest BCUT2D eigenvalue weighted by molar-refractivity contribution is 5.23. The predicted octanol–water partition coefficient (Wildman–Crippen LogP) is 3.11. The molecule has 1 aliphatic rings. The molecule has 0 spiro atoms. The van der Waals surface area contributed by atoms with Gasteiger partial charge in [0.1, 0.15) is 0 Å². The molecule has 0 saturated heterocycles. The maximum Gasteiger partial charge on any atom is 0.0713 e. The summed E-state index contributed by atoms with van der Waals surface area (Å²) in [7, 11) is 1.74. The van der Waals surface area contributed by atoms with Gasteiger partial charge < -0.3 is 10.1 Å². The standard InChI is InChI=1S/C15H23NO/c1-3-5-14-9-15(14)16-10-12-6-4-7-13(8-12)11-17-2/h4,6-8,14-16H,3,5,9-11H2,1-2H3. The quantitative estimate of drug-likeness (QED) is 0.781. The highest BCUT2D eigenvalue weighted by Gasteiger charge is 2.35. The molecular weight excluding hydrogens is 210 g/mol. The van der Waals surface area contributed by atoms with Crippen LogP contribution in [-0.4, -0.2) is 13.2 Å². The van der Waals surface area contributed by atoms with Gasteiger partial charge in [-0.2, -0.15) is 0 Å². The largest absolute Gasteiger partial charge is 0.380 e. The number of hydrogen-bond donors (Lipinski definition) is 1. The van der Waals surface area contributed by atoms with Crippen molar-refractivity contribution in [1.29, 1.82) is 0 Å². The third kappa shape index (κ3) is 3.83. The molecule has 0 radical (unpaired) electrons. The molecule has 94 valence electrons. The second kappa shape index (κ2) is 6.18. The lowest BCUT2D eigenvalue weighted by atomic mass is 10.1. The molecular formula is C15H23NO. The molecule has 1 aliphatic carbocycles. The maximum absolute atomic E-state index is 5.15. The van der Waals surface area contributed by atoms with Crippen LogP contribution in [0.15, 0.2) is 24.3 Å². The van der Waals surface area contributed by atoms with E-state index in [-0.39, 0.29) is 0 Å². The van der Waals surface area contributed by atoms with Crippen molar-refractivity contribution in [3.63, 3.8) is 0 Å². The van der Waals surface area contributed by atoms with Crippen LogP contribution in [0.25, 0.3) is 0 Å². The van der Waals surface area contributed by atoms with E-state index in [9.17, 15) is 0 Å². The van der Waals surface area contributed by atoms with Crippen molar-refractivity contribution in [2.75, 3.05) is 7.11 Å². The fourth-order valence-electron chi connectivity index (χ4n) is 2.43. The van der Waals surface area contributed by atoms with Crippen molar-refractivity contribution < 1.29 is 4.74 Å². The second-order valence-corrected chi connectivity index (χ2v) is 5.02. The van der Waals surface area contributed by atoms with Gasteiger partial charge in [-0.05, 0) is 29.9 Å². The topological polar surface area (TPSA) is 21.3 Å². The number of rotatable bonds is 7. The van der Waals surface area contributed by atoms with Gasteiger partial charge >= 0.3 is 0 Å². The summed E-state index contributed by atoms with van der Waals surface area (Å²) in [6.07, 6.45) is 4.05. The van der Waals surface area contributed by atoms with E-state index in [1.54, 1.807) is 7.11 Å². The minimum atomic E-state index is 0.704. The molecule has 0 aliphatic heterocycles. The zero-order chi connectivity index (χ0) is 12.1. The zero-order valence-electron chi connectivity index (χ0n) is 10.9. The van der Waals surface area contributed by atoms with E-state index < -0.39 is 0 Å². The minimum absolute atomic E-state index is 0.704. The lowest BCUT2D eigenvalue weighted by Crippen LogP contribution is -2.17. The Morgan fingerprint density at radius 2 is 2.18 bits per heavy atom. The normalized spacial score (nSPS) is 22.7. The summed E-state index contributed by atoms with van der Waals surface area (Å²) in [4.78, 5) is 0. The van der Waals surface area contributed by atoms with Crippen LogP contribution in [-0.2, 0) is 17.9 Å². The van der Waals surface area contributed by atoms with E-state index in [4.69, 9.17) is 4.74 Å². The van der Waals surface area contributed by atoms with Gasteiger partial charge in [-0.25, -0.2) is 0 Å². The molecule has 0 heterocycles. The first-order chi connectivity index (χ1) is 8.33. The third-order valence-corrected chi connectivity index (χ3v) is 3.45. The number of hydrogen-bond acceptors (Lipinski definition) is 2. The molecule has 17 heavy (non-hydrogen) atoms. The van der Waals surface area contributed by atoms with Crippen LogP contribution in [0.5, 0.6) is 0 Å². The highest BCUT2D eigenvalue weighted by Crippen LogP contribution is 2.34. The Labute approximate surface area is 104 Å². The van der Waals surface area contributed by atoms with Crippen LogP contribution < -0.4 is 5.32 Å². The van der Waals surface area contributed by atoms with Crippen molar-refractivity contribution in [2.24, 2.45) is 5.92 Å². The molecule has 2 nitrogen and oxygen atoms in total. The van der Waals surface area contributed by atoms with Gasteiger partial charge in [0.05, 0.1) is 6.61 Å². The van der Waals surface area contributed by atoms with Crippen LogP contribution in [0.2, 0.25) is 0 Å². The summed E-state index contributed by atoms with van der Waals surface area (Å²) in [5, 5.41) is 3.64. The van der Waals surface area contributed by atoms with Gasteiger partial charge in [0.15, 0.2) is 0 Å². The Kier molecular flexibility index (Phi) is 4.57. The van der Waals surface area contributed by atoms with Gasteiger partial charge in [0.25, 0.3) is 0 Å². The summed E-state index contributed by atoms with van der Waals surface area (Å²) in [6.45, 7) is 3.96. The summed E-state index contributed by atoms with van der Waals surface area (Å²) in [6, 6.07) is 9.41. The van der Waals surface area contributed by atoms with Gasteiger partial charge in [0.2, 0.25) is 0 Å². The Bertz CT molecular complexity index is 351. The van der Waals surface area contributed by atoms with Gasteiger partial charge in [-0.1, -0.05) is 37.6 Å². The van der Waals surface area contributed by atoms with E-state index >= 15 is 0 Å². The van der Waals surface area contributed by atoms with Crippen LogP contribution in [0.4, 0.5) is 0 Å². The molecule has 2 unspecified atom stereocenters. The van der Waals surface area contributed by atoms with E-state index in [0.717, 1.165) is 18.5 Å². The summed E-state index contributed by atoms with van der Waals surface area (Å²) in [5.74, 6) is 0.933.